The first-order chi connectivity index (χ1) is 12.3. The van der Waals surface area contributed by atoms with Gasteiger partial charge in [-0.1, -0.05) is 24.3 Å². The smallest absolute Gasteiger partial charge is 0.270 e. The molecule has 134 valence electrons. The summed E-state index contributed by atoms with van der Waals surface area (Å²) in [7, 11) is -0.360. The van der Waals surface area contributed by atoms with Gasteiger partial charge in [0.1, 0.15) is 0 Å². The molecule has 0 fully saturated rings. The second-order valence-corrected chi connectivity index (χ2v) is 8.80. The van der Waals surface area contributed by atoms with Crippen LogP contribution in [0, 0.1) is 0 Å². The number of amidine groups is 1. The van der Waals surface area contributed by atoms with E-state index >= 15 is 0 Å². The molecule has 0 aromatic heterocycles. The molecule has 1 amide bonds. The van der Waals surface area contributed by atoms with E-state index in [1.54, 1.807) is 67.5 Å². The second kappa shape index (κ2) is 5.90. The van der Waals surface area contributed by atoms with Crippen LogP contribution in [0.3, 0.4) is 0 Å². The first-order valence-corrected chi connectivity index (χ1v) is 10.0. The van der Waals surface area contributed by atoms with Crippen LogP contribution in [0.5, 0.6) is 0 Å². The summed E-state index contributed by atoms with van der Waals surface area (Å²) in [6, 6.07) is 13.7. The van der Waals surface area contributed by atoms with Gasteiger partial charge in [-0.15, -0.1) is 5.10 Å². The number of carbonyl (C=O) groups excluding carboxylic acids is 1. The molecule has 2 aromatic rings. The lowest BCUT2D eigenvalue weighted by Crippen LogP contribution is -2.53. The Hall–Kier alpha value is -2.23. The fourth-order valence-corrected chi connectivity index (χ4v) is 5.38. The van der Waals surface area contributed by atoms with Gasteiger partial charge in [0.2, 0.25) is 0 Å². The summed E-state index contributed by atoms with van der Waals surface area (Å²) in [4.78, 5) is 14.9. The van der Waals surface area contributed by atoms with Crippen LogP contribution in [-0.2, 0) is 10.0 Å². The highest BCUT2D eigenvalue weighted by molar-refractivity contribution is 9.10. The van der Waals surface area contributed by atoms with Gasteiger partial charge >= 0.3 is 0 Å². The maximum Gasteiger partial charge on any atom is 0.278 e. The number of amides is 1. The zero-order valence-corrected chi connectivity index (χ0v) is 16.4. The molecule has 0 unspecified atom stereocenters. The van der Waals surface area contributed by atoms with Gasteiger partial charge in [0.25, 0.3) is 15.9 Å². The van der Waals surface area contributed by atoms with E-state index in [2.05, 4.69) is 21.0 Å². The number of nitrogens with zero attached hydrogens (tertiary/aromatic N) is 4. The highest BCUT2D eigenvalue weighted by Crippen LogP contribution is 2.38. The molecule has 1 atom stereocenters. The van der Waals surface area contributed by atoms with Crippen molar-refractivity contribution in [2.45, 2.75) is 11.2 Å². The maximum atomic E-state index is 13.1. The van der Waals surface area contributed by atoms with Crippen LogP contribution in [0.15, 0.2) is 63.0 Å². The molecule has 0 saturated carbocycles. The van der Waals surface area contributed by atoms with Crippen molar-refractivity contribution in [3.8, 4) is 0 Å². The Morgan fingerprint density at radius 3 is 2.46 bits per heavy atom. The van der Waals surface area contributed by atoms with Gasteiger partial charge in [-0.3, -0.25) is 9.69 Å². The molecule has 2 aliphatic heterocycles. The molecule has 26 heavy (non-hydrogen) atoms. The van der Waals surface area contributed by atoms with Gasteiger partial charge < -0.3 is 0 Å². The normalized spacial score (nSPS) is 20.2. The van der Waals surface area contributed by atoms with Crippen molar-refractivity contribution in [1.29, 1.82) is 0 Å². The van der Waals surface area contributed by atoms with Gasteiger partial charge in [-0.2, -0.15) is 5.01 Å². The van der Waals surface area contributed by atoms with Crippen LogP contribution in [-0.4, -0.2) is 54.8 Å². The number of halogens is 1. The van der Waals surface area contributed by atoms with Gasteiger partial charge in [0, 0.05) is 10.0 Å². The lowest BCUT2D eigenvalue weighted by atomic mass is 10.2. The Morgan fingerprint density at radius 1 is 1.12 bits per heavy atom. The van der Waals surface area contributed by atoms with Gasteiger partial charge in [0.05, 0.1) is 10.5 Å². The fourth-order valence-electron chi connectivity index (χ4n) is 3.14. The summed E-state index contributed by atoms with van der Waals surface area (Å²) in [5.41, 5.74) is 0.914. The summed E-state index contributed by atoms with van der Waals surface area (Å²) >= 11 is 3.37. The molecule has 7 nitrogen and oxygen atoms in total. The Kier molecular flexibility index (Phi) is 3.90. The number of hydrogen-bond donors (Lipinski definition) is 0. The second-order valence-electron chi connectivity index (χ2n) is 6.16. The van der Waals surface area contributed by atoms with Crippen LogP contribution in [0.2, 0.25) is 0 Å². The van der Waals surface area contributed by atoms with Crippen molar-refractivity contribution in [2.24, 2.45) is 5.10 Å². The molecule has 0 spiro atoms. The zero-order valence-electron chi connectivity index (χ0n) is 14.0. The SMILES string of the molecule is CN(C)[C@H]1N(C(=O)c2ccccc2Br)N=C2c3ccccc3S(=O)(=O)N21. The average Bonchev–Trinajstić information content (AvgIpc) is 3.11. The molecule has 4 rings (SSSR count). The van der Waals surface area contributed by atoms with Gasteiger partial charge in [-0.05, 0) is 54.3 Å². The molecule has 0 radical (unpaired) electrons. The highest BCUT2D eigenvalue weighted by Gasteiger charge is 2.52. The quantitative estimate of drug-likeness (QED) is 0.725. The predicted octanol–water partition coefficient (Wildman–Crippen LogP) is 2.12. The van der Waals surface area contributed by atoms with Crippen molar-refractivity contribution in [3.05, 3.63) is 64.1 Å². The molecule has 0 bridgehead atoms. The third-order valence-electron chi connectivity index (χ3n) is 4.28. The Morgan fingerprint density at radius 2 is 1.77 bits per heavy atom. The van der Waals surface area contributed by atoms with Crippen LogP contribution in [0.4, 0.5) is 0 Å². The van der Waals surface area contributed by atoms with E-state index in [0.29, 0.717) is 15.6 Å². The fraction of sp³-hybridized carbons (Fsp3) is 0.176. The topological polar surface area (TPSA) is 73.3 Å². The van der Waals surface area contributed by atoms with E-state index < -0.39 is 16.3 Å². The lowest BCUT2D eigenvalue weighted by molar-refractivity contribution is 0.0340. The molecule has 2 aromatic carbocycles. The predicted molar refractivity (Wildman–Crippen MR) is 99.8 cm³/mol. The lowest BCUT2D eigenvalue weighted by Gasteiger charge is -2.32. The van der Waals surface area contributed by atoms with Gasteiger partial charge in [0.15, 0.2) is 12.1 Å². The number of sulfonamides is 1. The molecule has 2 aliphatic rings. The third-order valence-corrected chi connectivity index (χ3v) is 6.76. The minimum absolute atomic E-state index is 0.207. The molecule has 2 heterocycles. The third kappa shape index (κ3) is 2.31. The first-order valence-electron chi connectivity index (χ1n) is 7.81. The van der Waals surface area contributed by atoms with Crippen molar-refractivity contribution >= 4 is 37.7 Å². The van der Waals surface area contributed by atoms with Crippen molar-refractivity contribution < 1.29 is 13.2 Å². The molecular formula is C17H15BrN4O3S. The summed E-state index contributed by atoms with van der Waals surface area (Å²) in [5, 5.41) is 5.60. The molecular weight excluding hydrogens is 420 g/mol. The van der Waals surface area contributed by atoms with Crippen LogP contribution in [0.1, 0.15) is 15.9 Å². The van der Waals surface area contributed by atoms with Crippen LogP contribution in [0.25, 0.3) is 0 Å². The van der Waals surface area contributed by atoms with E-state index in [4.69, 9.17) is 0 Å². The van der Waals surface area contributed by atoms with E-state index in [1.807, 2.05) is 0 Å². The highest BCUT2D eigenvalue weighted by atomic mass is 79.9. The number of fused-ring (bicyclic) bond motifs is 3. The Bertz CT molecular complexity index is 1050. The Balaban J connectivity index is 1.88. The molecule has 0 saturated heterocycles. The standard InChI is InChI=1S/C17H15BrN4O3S/c1-20(2)17-21(16(23)11-7-3-5-9-13(11)18)19-15-12-8-4-6-10-14(12)26(24,25)22(15)17/h3-10,17H,1-2H3/t17-/m0/s1. The van der Waals surface area contributed by atoms with Crippen LogP contribution >= 0.6 is 15.9 Å². The van der Waals surface area contributed by atoms with E-state index in [9.17, 15) is 13.2 Å². The summed E-state index contributed by atoms with van der Waals surface area (Å²) in [6.45, 7) is 0. The number of benzene rings is 2. The summed E-state index contributed by atoms with van der Waals surface area (Å²) in [5.74, 6) is -0.120. The summed E-state index contributed by atoms with van der Waals surface area (Å²) < 4.78 is 27.9. The minimum Gasteiger partial charge on any atom is -0.270 e. The monoisotopic (exact) mass is 434 g/mol. The summed E-state index contributed by atoms with van der Waals surface area (Å²) in [6.07, 6.45) is -0.873. The number of rotatable bonds is 2. The Labute approximate surface area is 159 Å². The largest absolute Gasteiger partial charge is 0.278 e. The molecule has 0 aliphatic carbocycles. The van der Waals surface area contributed by atoms with Crippen molar-refractivity contribution in [2.75, 3.05) is 14.1 Å². The van der Waals surface area contributed by atoms with Crippen LogP contribution < -0.4 is 0 Å². The first kappa shape index (κ1) is 17.2. The molecule has 0 N–H and O–H groups in total. The van der Waals surface area contributed by atoms with Gasteiger partial charge in [-0.25, -0.2) is 12.7 Å². The average molecular weight is 435 g/mol. The number of hydrazone groups is 1. The van der Waals surface area contributed by atoms with E-state index in [1.165, 1.54) is 9.31 Å². The minimum atomic E-state index is -3.78. The van der Waals surface area contributed by atoms with E-state index in [0.717, 1.165) is 0 Å². The van der Waals surface area contributed by atoms with E-state index in [-0.39, 0.29) is 16.6 Å². The maximum absolute atomic E-state index is 13.1. The number of hydrogen-bond acceptors (Lipinski definition) is 5. The van der Waals surface area contributed by atoms with Crippen molar-refractivity contribution in [3.63, 3.8) is 0 Å². The van der Waals surface area contributed by atoms with Crippen molar-refractivity contribution in [1.82, 2.24) is 14.2 Å². The zero-order chi connectivity index (χ0) is 18.6. The number of carbonyl (C=O) groups is 1. The molecule has 9 heteroatoms.